The average Bonchev–Trinajstić information content (AvgIpc) is 2.41. The number of hydrogen-bond acceptors (Lipinski definition) is 3. The van der Waals surface area contributed by atoms with Gasteiger partial charge >= 0.3 is 0 Å². The summed E-state index contributed by atoms with van der Waals surface area (Å²) in [6, 6.07) is 9.08. The maximum atomic E-state index is 5.93. The summed E-state index contributed by atoms with van der Waals surface area (Å²) in [6.07, 6.45) is 2.31. The van der Waals surface area contributed by atoms with E-state index in [9.17, 15) is 0 Å². The van der Waals surface area contributed by atoms with Gasteiger partial charge in [0.1, 0.15) is 0 Å². The van der Waals surface area contributed by atoms with Crippen molar-refractivity contribution in [3.05, 3.63) is 35.4 Å². The third-order valence-corrected chi connectivity index (χ3v) is 4.13. The van der Waals surface area contributed by atoms with Gasteiger partial charge in [0.05, 0.1) is 0 Å². The molecule has 0 bridgehead atoms. The molecule has 1 saturated heterocycles. The van der Waals surface area contributed by atoms with Crippen LogP contribution in [-0.4, -0.2) is 49.1 Å². The molecule has 1 aliphatic heterocycles. The monoisotopic (exact) mass is 261 g/mol. The number of likely N-dealkylation sites (N-methyl/N-ethyl adjacent to an activating group) is 1. The van der Waals surface area contributed by atoms with Crippen LogP contribution in [0.1, 0.15) is 24.0 Å². The van der Waals surface area contributed by atoms with Crippen LogP contribution < -0.4 is 5.73 Å². The SMILES string of the molecule is Cc1ccccc1CN(C)CCN1CCC(N)CC1. The molecular weight excluding hydrogens is 234 g/mol. The van der Waals surface area contributed by atoms with E-state index in [4.69, 9.17) is 5.73 Å². The molecule has 1 aromatic rings. The molecule has 0 aromatic heterocycles. The van der Waals surface area contributed by atoms with E-state index in [1.54, 1.807) is 0 Å². The number of likely N-dealkylation sites (tertiary alicyclic amines) is 1. The maximum absolute atomic E-state index is 5.93. The van der Waals surface area contributed by atoms with Gasteiger partial charge in [0, 0.05) is 25.7 Å². The summed E-state index contributed by atoms with van der Waals surface area (Å²) in [7, 11) is 2.21. The van der Waals surface area contributed by atoms with Gasteiger partial charge in [-0.25, -0.2) is 0 Å². The van der Waals surface area contributed by atoms with Gasteiger partial charge in [0.25, 0.3) is 0 Å². The summed E-state index contributed by atoms with van der Waals surface area (Å²) in [5.74, 6) is 0. The van der Waals surface area contributed by atoms with Crippen LogP contribution in [-0.2, 0) is 6.54 Å². The maximum Gasteiger partial charge on any atom is 0.0233 e. The van der Waals surface area contributed by atoms with Crippen LogP contribution in [0.2, 0.25) is 0 Å². The molecule has 2 N–H and O–H groups in total. The molecule has 0 saturated carbocycles. The normalized spacial score (nSPS) is 18.1. The Hall–Kier alpha value is -0.900. The molecule has 0 atom stereocenters. The lowest BCUT2D eigenvalue weighted by Gasteiger charge is -2.31. The summed E-state index contributed by atoms with van der Waals surface area (Å²) < 4.78 is 0. The van der Waals surface area contributed by atoms with Gasteiger partial charge in [-0.3, -0.25) is 0 Å². The zero-order valence-electron chi connectivity index (χ0n) is 12.3. The second-order valence-corrected chi connectivity index (χ2v) is 5.84. The lowest BCUT2D eigenvalue weighted by atomic mass is 10.1. The summed E-state index contributed by atoms with van der Waals surface area (Å²) in [5.41, 5.74) is 8.76. The predicted octanol–water partition coefficient (Wildman–Crippen LogP) is 1.85. The van der Waals surface area contributed by atoms with Gasteiger partial charge in [0.2, 0.25) is 0 Å². The number of nitrogens with two attached hydrogens (primary N) is 1. The Bertz CT molecular complexity index is 383. The van der Waals surface area contributed by atoms with Crippen molar-refractivity contribution in [2.45, 2.75) is 32.4 Å². The molecule has 0 amide bonds. The molecule has 3 heteroatoms. The zero-order chi connectivity index (χ0) is 13.7. The largest absolute Gasteiger partial charge is 0.328 e. The van der Waals surface area contributed by atoms with Crippen LogP contribution in [0.4, 0.5) is 0 Å². The molecule has 0 aliphatic carbocycles. The molecule has 106 valence electrons. The molecular formula is C16H27N3. The highest BCUT2D eigenvalue weighted by Gasteiger charge is 2.15. The van der Waals surface area contributed by atoms with E-state index in [-0.39, 0.29) is 0 Å². The van der Waals surface area contributed by atoms with E-state index in [1.165, 1.54) is 24.2 Å². The van der Waals surface area contributed by atoms with Crippen molar-refractivity contribution in [2.24, 2.45) is 5.73 Å². The Labute approximate surface area is 117 Å². The first-order chi connectivity index (χ1) is 9.15. The highest BCUT2D eigenvalue weighted by Crippen LogP contribution is 2.11. The Morgan fingerprint density at radius 2 is 1.95 bits per heavy atom. The highest BCUT2D eigenvalue weighted by atomic mass is 15.2. The van der Waals surface area contributed by atoms with Crippen molar-refractivity contribution in [2.75, 3.05) is 33.2 Å². The van der Waals surface area contributed by atoms with Gasteiger partial charge in [-0.15, -0.1) is 0 Å². The Kier molecular flexibility index (Phi) is 5.37. The molecule has 1 aliphatic rings. The molecule has 0 unspecified atom stereocenters. The van der Waals surface area contributed by atoms with E-state index in [1.807, 2.05) is 0 Å². The second-order valence-electron chi connectivity index (χ2n) is 5.84. The van der Waals surface area contributed by atoms with E-state index < -0.39 is 0 Å². The molecule has 19 heavy (non-hydrogen) atoms. The Morgan fingerprint density at radius 1 is 1.26 bits per heavy atom. The summed E-state index contributed by atoms with van der Waals surface area (Å²) in [6.45, 7) is 7.85. The van der Waals surface area contributed by atoms with E-state index in [2.05, 4.69) is 48.0 Å². The second kappa shape index (κ2) is 7.04. The quantitative estimate of drug-likeness (QED) is 0.878. The predicted molar refractivity (Wildman–Crippen MR) is 81.2 cm³/mol. The van der Waals surface area contributed by atoms with Crippen LogP contribution >= 0.6 is 0 Å². The number of piperidine rings is 1. The topological polar surface area (TPSA) is 32.5 Å². The molecule has 2 rings (SSSR count). The lowest BCUT2D eigenvalue weighted by Crippen LogP contribution is -2.42. The molecule has 1 aromatic carbocycles. The van der Waals surface area contributed by atoms with Crippen LogP contribution in [0.5, 0.6) is 0 Å². The fourth-order valence-corrected chi connectivity index (χ4v) is 2.65. The fraction of sp³-hybridized carbons (Fsp3) is 0.625. The van der Waals surface area contributed by atoms with Gasteiger partial charge in [-0.05, 0) is 51.0 Å². The van der Waals surface area contributed by atoms with Crippen molar-refractivity contribution in [1.29, 1.82) is 0 Å². The summed E-state index contributed by atoms with van der Waals surface area (Å²) >= 11 is 0. The highest BCUT2D eigenvalue weighted by molar-refractivity contribution is 5.25. The number of nitrogens with zero attached hydrogens (tertiary/aromatic N) is 2. The van der Waals surface area contributed by atoms with Gasteiger partial charge in [-0.1, -0.05) is 24.3 Å². The third-order valence-electron chi connectivity index (χ3n) is 4.13. The molecule has 0 spiro atoms. The minimum Gasteiger partial charge on any atom is -0.328 e. The Morgan fingerprint density at radius 3 is 2.63 bits per heavy atom. The summed E-state index contributed by atoms with van der Waals surface area (Å²) in [4.78, 5) is 4.95. The van der Waals surface area contributed by atoms with Crippen molar-refractivity contribution in [3.8, 4) is 0 Å². The smallest absolute Gasteiger partial charge is 0.0233 e. The first-order valence-electron chi connectivity index (χ1n) is 7.36. The number of rotatable bonds is 5. The first kappa shape index (κ1) is 14.5. The van der Waals surface area contributed by atoms with Gasteiger partial charge < -0.3 is 15.5 Å². The lowest BCUT2D eigenvalue weighted by molar-refractivity contribution is 0.183. The van der Waals surface area contributed by atoms with Crippen molar-refractivity contribution in [1.82, 2.24) is 9.80 Å². The van der Waals surface area contributed by atoms with Gasteiger partial charge in [0.15, 0.2) is 0 Å². The van der Waals surface area contributed by atoms with Crippen LogP contribution in [0, 0.1) is 6.92 Å². The number of aryl methyl sites for hydroxylation is 1. The zero-order valence-corrected chi connectivity index (χ0v) is 12.3. The molecule has 3 nitrogen and oxygen atoms in total. The van der Waals surface area contributed by atoms with Gasteiger partial charge in [-0.2, -0.15) is 0 Å². The minimum absolute atomic E-state index is 0.431. The van der Waals surface area contributed by atoms with E-state index >= 15 is 0 Å². The first-order valence-corrected chi connectivity index (χ1v) is 7.36. The van der Waals surface area contributed by atoms with Crippen molar-refractivity contribution in [3.63, 3.8) is 0 Å². The Balaban J connectivity index is 1.73. The molecule has 1 fully saturated rings. The van der Waals surface area contributed by atoms with Crippen molar-refractivity contribution >= 4 is 0 Å². The third kappa shape index (κ3) is 4.60. The van der Waals surface area contributed by atoms with Crippen molar-refractivity contribution < 1.29 is 0 Å². The van der Waals surface area contributed by atoms with Crippen LogP contribution in [0.3, 0.4) is 0 Å². The van der Waals surface area contributed by atoms with E-state index in [0.717, 1.165) is 32.5 Å². The van der Waals surface area contributed by atoms with E-state index in [0.29, 0.717) is 6.04 Å². The molecule has 1 heterocycles. The van der Waals surface area contributed by atoms with Crippen LogP contribution in [0.15, 0.2) is 24.3 Å². The average molecular weight is 261 g/mol. The molecule has 0 radical (unpaired) electrons. The summed E-state index contributed by atoms with van der Waals surface area (Å²) in [5, 5.41) is 0. The number of hydrogen-bond donors (Lipinski definition) is 1. The fourth-order valence-electron chi connectivity index (χ4n) is 2.65. The minimum atomic E-state index is 0.431. The van der Waals surface area contributed by atoms with Crippen LogP contribution in [0.25, 0.3) is 0 Å². The standard InChI is InChI=1S/C16H27N3/c1-14-5-3-4-6-15(14)13-18(2)11-12-19-9-7-16(17)8-10-19/h3-6,16H,7-13,17H2,1-2H3. The number of benzene rings is 1.